The van der Waals surface area contributed by atoms with E-state index in [1.807, 2.05) is 12.1 Å². The number of alkyl halides is 2. The molecule has 1 rings (SSSR count). The quantitative estimate of drug-likeness (QED) is 0.868. The Bertz CT molecular complexity index is 338. The smallest absolute Gasteiger partial charge is 0.250 e. The first-order valence-corrected chi connectivity index (χ1v) is 6.14. The fourth-order valence-electron chi connectivity index (χ4n) is 1.24. The molecular formula is C10H11Br2F2NO. The molecule has 0 aromatic heterocycles. The maximum atomic E-state index is 11.9. The summed E-state index contributed by atoms with van der Waals surface area (Å²) in [6.45, 7) is 0.0901. The summed E-state index contributed by atoms with van der Waals surface area (Å²) in [5, 5.41) is 2.66. The zero-order valence-electron chi connectivity index (χ0n) is 8.57. The van der Waals surface area contributed by atoms with E-state index in [0.717, 1.165) is 14.5 Å². The highest BCUT2D eigenvalue weighted by atomic mass is 79.9. The summed E-state index contributed by atoms with van der Waals surface area (Å²) in [7, 11) is 1.57. The van der Waals surface area contributed by atoms with Crippen molar-refractivity contribution in [2.24, 2.45) is 0 Å². The molecule has 1 aromatic rings. The molecule has 0 unspecified atom stereocenters. The molecule has 90 valence electrons. The largest absolute Gasteiger partial charge is 0.494 e. The zero-order chi connectivity index (χ0) is 12.1. The van der Waals surface area contributed by atoms with Crippen LogP contribution in [0.15, 0.2) is 21.1 Å². The van der Waals surface area contributed by atoms with Crippen molar-refractivity contribution in [3.63, 3.8) is 0 Å². The lowest BCUT2D eigenvalue weighted by Crippen LogP contribution is -2.20. The van der Waals surface area contributed by atoms with Gasteiger partial charge in [-0.2, -0.15) is 0 Å². The Balaban J connectivity index is 2.68. The third-order valence-electron chi connectivity index (χ3n) is 1.89. The summed E-state index contributed by atoms with van der Waals surface area (Å²) in [5.74, 6) is 0.692. The Morgan fingerprint density at radius 2 is 1.88 bits per heavy atom. The van der Waals surface area contributed by atoms with Gasteiger partial charge in [-0.3, -0.25) is 0 Å². The first-order valence-electron chi connectivity index (χ1n) is 4.55. The normalized spacial score (nSPS) is 10.9. The van der Waals surface area contributed by atoms with Gasteiger partial charge >= 0.3 is 0 Å². The third kappa shape index (κ3) is 3.99. The van der Waals surface area contributed by atoms with Crippen LogP contribution in [-0.2, 0) is 6.54 Å². The Morgan fingerprint density at radius 3 is 2.31 bits per heavy atom. The van der Waals surface area contributed by atoms with E-state index in [4.69, 9.17) is 4.74 Å². The lowest BCUT2D eigenvalue weighted by Gasteiger charge is -2.10. The van der Waals surface area contributed by atoms with Crippen molar-refractivity contribution in [3.8, 4) is 5.75 Å². The van der Waals surface area contributed by atoms with Gasteiger partial charge in [0.2, 0.25) is 0 Å². The van der Waals surface area contributed by atoms with Crippen molar-refractivity contribution in [1.29, 1.82) is 0 Å². The summed E-state index contributed by atoms with van der Waals surface area (Å²) in [6.07, 6.45) is -2.33. The van der Waals surface area contributed by atoms with Gasteiger partial charge in [0.05, 0.1) is 22.6 Å². The molecule has 0 atom stereocenters. The summed E-state index contributed by atoms with van der Waals surface area (Å²) < 4.78 is 30.5. The van der Waals surface area contributed by atoms with Crippen LogP contribution in [0.3, 0.4) is 0 Å². The SMILES string of the molecule is COc1c(Br)cc(CNCC(F)F)cc1Br. The van der Waals surface area contributed by atoms with Gasteiger partial charge in [-0.1, -0.05) is 0 Å². The first kappa shape index (κ1) is 13.9. The van der Waals surface area contributed by atoms with E-state index in [2.05, 4.69) is 37.2 Å². The van der Waals surface area contributed by atoms with Gasteiger partial charge in [0, 0.05) is 6.54 Å². The second-order valence-corrected chi connectivity index (χ2v) is 4.82. The molecule has 0 spiro atoms. The Morgan fingerprint density at radius 1 is 1.31 bits per heavy atom. The van der Waals surface area contributed by atoms with Crippen molar-refractivity contribution in [2.45, 2.75) is 13.0 Å². The average Bonchev–Trinajstić information content (AvgIpc) is 2.16. The van der Waals surface area contributed by atoms with Crippen molar-refractivity contribution >= 4 is 31.9 Å². The lowest BCUT2D eigenvalue weighted by atomic mass is 10.2. The molecule has 0 saturated heterocycles. The number of hydrogen-bond donors (Lipinski definition) is 1. The second kappa shape index (κ2) is 6.51. The summed E-state index contributed by atoms with van der Waals surface area (Å²) in [4.78, 5) is 0. The number of hydrogen-bond acceptors (Lipinski definition) is 2. The number of rotatable bonds is 5. The molecule has 6 heteroatoms. The summed E-state index contributed by atoms with van der Waals surface area (Å²) in [6, 6.07) is 3.67. The molecule has 0 bridgehead atoms. The van der Waals surface area contributed by atoms with E-state index in [1.165, 1.54) is 0 Å². The van der Waals surface area contributed by atoms with Crippen LogP contribution in [0, 0.1) is 0 Å². The number of halogens is 4. The minimum Gasteiger partial charge on any atom is -0.494 e. The van der Waals surface area contributed by atoms with Crippen molar-refractivity contribution in [2.75, 3.05) is 13.7 Å². The van der Waals surface area contributed by atoms with E-state index < -0.39 is 6.43 Å². The molecular weight excluding hydrogens is 348 g/mol. The highest BCUT2D eigenvalue weighted by molar-refractivity contribution is 9.11. The van der Waals surface area contributed by atoms with Crippen molar-refractivity contribution in [1.82, 2.24) is 5.32 Å². The molecule has 0 aliphatic carbocycles. The fourth-order valence-corrected chi connectivity index (χ4v) is 2.84. The van der Waals surface area contributed by atoms with Gasteiger partial charge in [0.15, 0.2) is 0 Å². The predicted molar refractivity (Wildman–Crippen MR) is 66.1 cm³/mol. The highest BCUT2D eigenvalue weighted by Gasteiger charge is 2.08. The average molecular weight is 359 g/mol. The van der Waals surface area contributed by atoms with Crippen LogP contribution >= 0.6 is 31.9 Å². The molecule has 0 aliphatic rings. The van der Waals surface area contributed by atoms with E-state index in [1.54, 1.807) is 7.11 Å². The van der Waals surface area contributed by atoms with Gasteiger partial charge in [-0.15, -0.1) is 0 Å². The zero-order valence-corrected chi connectivity index (χ0v) is 11.7. The number of methoxy groups -OCH3 is 1. The van der Waals surface area contributed by atoms with Crippen LogP contribution in [0.1, 0.15) is 5.56 Å². The molecule has 0 aliphatic heterocycles. The van der Waals surface area contributed by atoms with Gasteiger partial charge in [-0.25, -0.2) is 8.78 Å². The third-order valence-corrected chi connectivity index (χ3v) is 3.07. The van der Waals surface area contributed by atoms with E-state index in [0.29, 0.717) is 12.3 Å². The van der Waals surface area contributed by atoms with E-state index in [9.17, 15) is 8.78 Å². The first-order chi connectivity index (χ1) is 7.54. The maximum absolute atomic E-state index is 11.9. The van der Waals surface area contributed by atoms with E-state index >= 15 is 0 Å². The van der Waals surface area contributed by atoms with Crippen LogP contribution in [0.5, 0.6) is 5.75 Å². The molecule has 16 heavy (non-hydrogen) atoms. The standard InChI is InChI=1S/C10H11Br2F2NO/c1-16-10-7(11)2-6(3-8(10)12)4-15-5-9(13)14/h2-3,9,15H,4-5H2,1H3. The van der Waals surface area contributed by atoms with Gasteiger partial charge in [-0.05, 0) is 49.6 Å². The lowest BCUT2D eigenvalue weighted by molar-refractivity contribution is 0.145. The molecule has 0 saturated carbocycles. The Kier molecular flexibility index (Phi) is 5.64. The monoisotopic (exact) mass is 357 g/mol. The van der Waals surface area contributed by atoms with Gasteiger partial charge in [0.1, 0.15) is 5.75 Å². The summed E-state index contributed by atoms with van der Waals surface area (Å²) in [5.41, 5.74) is 0.903. The van der Waals surface area contributed by atoms with Crippen molar-refractivity contribution < 1.29 is 13.5 Å². The van der Waals surface area contributed by atoms with Gasteiger partial charge < -0.3 is 10.1 Å². The topological polar surface area (TPSA) is 21.3 Å². The minimum absolute atomic E-state index is 0.304. The highest BCUT2D eigenvalue weighted by Crippen LogP contribution is 2.34. The molecule has 2 nitrogen and oxygen atoms in total. The fraction of sp³-hybridized carbons (Fsp3) is 0.400. The molecule has 1 aromatic carbocycles. The number of ether oxygens (including phenoxy) is 1. The minimum atomic E-state index is -2.33. The molecule has 0 amide bonds. The van der Waals surface area contributed by atoms with Crippen LogP contribution < -0.4 is 10.1 Å². The number of benzene rings is 1. The maximum Gasteiger partial charge on any atom is 0.250 e. The second-order valence-electron chi connectivity index (χ2n) is 3.11. The van der Waals surface area contributed by atoms with Crippen LogP contribution in [0.2, 0.25) is 0 Å². The van der Waals surface area contributed by atoms with Gasteiger partial charge in [0.25, 0.3) is 6.43 Å². The predicted octanol–water partition coefficient (Wildman–Crippen LogP) is 3.57. The van der Waals surface area contributed by atoms with Crippen LogP contribution in [0.4, 0.5) is 8.78 Å². The van der Waals surface area contributed by atoms with E-state index in [-0.39, 0.29) is 6.54 Å². The van der Waals surface area contributed by atoms with Crippen LogP contribution in [0.25, 0.3) is 0 Å². The summed E-state index contributed by atoms with van der Waals surface area (Å²) >= 11 is 6.70. The molecule has 0 radical (unpaired) electrons. The molecule has 0 fully saturated rings. The Hall–Kier alpha value is -0.200. The van der Waals surface area contributed by atoms with Crippen LogP contribution in [-0.4, -0.2) is 20.1 Å². The Labute approximate surface area is 110 Å². The number of nitrogens with one attached hydrogen (secondary N) is 1. The molecule has 1 N–H and O–H groups in total. The molecule has 0 heterocycles. The van der Waals surface area contributed by atoms with Crippen molar-refractivity contribution in [3.05, 3.63) is 26.6 Å².